The molecule has 4 rings (SSSR count). The van der Waals surface area contributed by atoms with Gasteiger partial charge in [0, 0.05) is 26.1 Å². The van der Waals surface area contributed by atoms with Crippen LogP contribution in [0.25, 0.3) is 11.1 Å². The molecule has 34 heavy (non-hydrogen) atoms. The third-order valence-electron chi connectivity index (χ3n) is 5.76. The summed E-state index contributed by atoms with van der Waals surface area (Å²) in [6, 6.07) is 18.8. The van der Waals surface area contributed by atoms with Gasteiger partial charge < -0.3 is 4.90 Å². The number of hydrogen-bond donors (Lipinski definition) is 1. The first kappa shape index (κ1) is 24.0. The molecule has 0 spiro atoms. The van der Waals surface area contributed by atoms with Crippen molar-refractivity contribution in [2.24, 2.45) is 0 Å². The van der Waals surface area contributed by atoms with E-state index in [4.69, 9.17) is 0 Å². The van der Waals surface area contributed by atoms with Gasteiger partial charge in [0.25, 0.3) is 0 Å². The minimum atomic E-state index is -4.79. The second kappa shape index (κ2) is 9.60. The molecule has 1 fully saturated rings. The van der Waals surface area contributed by atoms with E-state index < -0.39 is 26.7 Å². The molecule has 5 nitrogen and oxygen atoms in total. The lowest BCUT2D eigenvalue weighted by molar-refractivity contribution is -0.139. The van der Waals surface area contributed by atoms with Crippen molar-refractivity contribution in [1.29, 1.82) is 0 Å². The zero-order valence-corrected chi connectivity index (χ0v) is 19.0. The molecule has 178 valence electrons. The van der Waals surface area contributed by atoms with Gasteiger partial charge in [-0.2, -0.15) is 13.2 Å². The van der Waals surface area contributed by atoms with Gasteiger partial charge in [0.05, 0.1) is 10.5 Å². The van der Waals surface area contributed by atoms with E-state index in [1.807, 2.05) is 41.3 Å². The van der Waals surface area contributed by atoms with Crippen LogP contribution in [0.2, 0.25) is 0 Å². The predicted molar refractivity (Wildman–Crippen MR) is 122 cm³/mol. The second-order valence-electron chi connectivity index (χ2n) is 8.09. The van der Waals surface area contributed by atoms with Crippen LogP contribution >= 0.6 is 0 Å². The molecule has 0 bridgehead atoms. The number of alkyl halides is 3. The van der Waals surface area contributed by atoms with Crippen LogP contribution in [0, 0.1) is 0 Å². The summed E-state index contributed by atoms with van der Waals surface area (Å²) in [7, 11) is -4.40. The van der Waals surface area contributed by atoms with Crippen molar-refractivity contribution in [3.63, 3.8) is 0 Å². The molecule has 0 atom stereocenters. The van der Waals surface area contributed by atoms with Gasteiger partial charge in [-0.25, -0.2) is 13.1 Å². The van der Waals surface area contributed by atoms with E-state index in [1.54, 1.807) is 12.1 Å². The number of rotatable bonds is 7. The Morgan fingerprint density at radius 3 is 2.26 bits per heavy atom. The first-order valence-corrected chi connectivity index (χ1v) is 12.2. The Hall–Kier alpha value is -3.17. The van der Waals surface area contributed by atoms with E-state index in [1.165, 1.54) is 6.07 Å². The normalized spacial score (nSPS) is 14.6. The molecule has 1 aliphatic heterocycles. The highest BCUT2D eigenvalue weighted by Gasteiger charge is 2.36. The van der Waals surface area contributed by atoms with Gasteiger partial charge in [0.2, 0.25) is 15.9 Å². The topological polar surface area (TPSA) is 66.5 Å². The predicted octanol–water partition coefficient (Wildman–Crippen LogP) is 4.97. The summed E-state index contributed by atoms with van der Waals surface area (Å²) in [4.78, 5) is 12.9. The van der Waals surface area contributed by atoms with Gasteiger partial charge in [-0.1, -0.05) is 60.7 Å². The maximum absolute atomic E-state index is 13.3. The maximum Gasteiger partial charge on any atom is 0.417 e. The van der Waals surface area contributed by atoms with Crippen molar-refractivity contribution in [2.75, 3.05) is 6.54 Å². The van der Waals surface area contributed by atoms with E-state index in [0.29, 0.717) is 18.5 Å². The van der Waals surface area contributed by atoms with Crippen molar-refractivity contribution in [2.45, 2.75) is 37.0 Å². The molecule has 1 saturated heterocycles. The molecule has 1 aliphatic rings. The van der Waals surface area contributed by atoms with E-state index in [-0.39, 0.29) is 12.5 Å². The molecule has 0 saturated carbocycles. The Balaban J connectivity index is 1.53. The van der Waals surface area contributed by atoms with Crippen LogP contribution in [0.4, 0.5) is 13.2 Å². The van der Waals surface area contributed by atoms with E-state index >= 15 is 0 Å². The van der Waals surface area contributed by atoms with Crippen LogP contribution < -0.4 is 4.72 Å². The summed E-state index contributed by atoms with van der Waals surface area (Å²) in [6.45, 7) is 1.12. The van der Waals surface area contributed by atoms with E-state index in [2.05, 4.69) is 4.72 Å². The maximum atomic E-state index is 13.3. The fourth-order valence-corrected chi connectivity index (χ4v) is 5.26. The molecule has 3 aromatic rings. The molecule has 0 radical (unpaired) electrons. The Bertz CT molecular complexity index is 1290. The molecule has 0 aliphatic carbocycles. The van der Waals surface area contributed by atoms with Crippen LogP contribution in [0.1, 0.15) is 29.5 Å². The van der Waals surface area contributed by atoms with E-state index in [9.17, 15) is 26.4 Å². The molecule has 1 heterocycles. The first-order valence-electron chi connectivity index (χ1n) is 10.8. The summed E-state index contributed by atoms with van der Waals surface area (Å²) in [6.07, 6.45) is -3.34. The van der Waals surface area contributed by atoms with Crippen LogP contribution in [0.3, 0.4) is 0 Å². The van der Waals surface area contributed by atoms with Crippen LogP contribution in [0.5, 0.6) is 0 Å². The smallest absolute Gasteiger partial charge is 0.338 e. The van der Waals surface area contributed by atoms with Crippen LogP contribution in [-0.4, -0.2) is 25.8 Å². The third kappa shape index (κ3) is 5.31. The lowest BCUT2D eigenvalue weighted by Gasteiger charge is -2.16. The monoisotopic (exact) mass is 488 g/mol. The van der Waals surface area contributed by atoms with Crippen molar-refractivity contribution in [3.8, 4) is 11.1 Å². The van der Waals surface area contributed by atoms with E-state index in [0.717, 1.165) is 47.9 Å². The number of sulfonamides is 1. The van der Waals surface area contributed by atoms with Crippen LogP contribution in [-0.2, 0) is 34.1 Å². The summed E-state index contributed by atoms with van der Waals surface area (Å²) >= 11 is 0. The number of halogens is 3. The molecule has 1 N–H and O–H groups in total. The highest BCUT2D eigenvalue weighted by Crippen LogP contribution is 2.34. The molecule has 9 heteroatoms. The molecule has 0 aromatic heterocycles. The summed E-state index contributed by atoms with van der Waals surface area (Å²) in [5, 5.41) is 0. The Morgan fingerprint density at radius 2 is 1.59 bits per heavy atom. The third-order valence-corrected chi connectivity index (χ3v) is 7.22. The highest BCUT2D eigenvalue weighted by atomic mass is 32.2. The number of carbonyl (C=O) groups is 1. The molecule has 0 unspecified atom stereocenters. The molecular weight excluding hydrogens is 465 g/mol. The first-order chi connectivity index (χ1) is 16.1. The summed E-state index contributed by atoms with van der Waals surface area (Å²) in [5.41, 5.74) is 2.00. The lowest BCUT2D eigenvalue weighted by atomic mass is 9.98. The number of nitrogens with zero attached hydrogens (tertiary/aromatic N) is 1. The number of benzene rings is 3. The zero-order valence-electron chi connectivity index (χ0n) is 18.2. The van der Waals surface area contributed by atoms with Crippen LogP contribution in [0.15, 0.2) is 77.7 Å². The molecule has 3 aromatic carbocycles. The number of amides is 1. The zero-order chi connectivity index (χ0) is 24.3. The van der Waals surface area contributed by atoms with Gasteiger partial charge in [-0.3, -0.25) is 4.79 Å². The minimum Gasteiger partial charge on any atom is -0.338 e. The average molecular weight is 489 g/mol. The van der Waals surface area contributed by atoms with Crippen molar-refractivity contribution >= 4 is 15.9 Å². The van der Waals surface area contributed by atoms with Gasteiger partial charge in [-0.05, 0) is 40.8 Å². The Kier molecular flexibility index (Phi) is 6.77. The van der Waals surface area contributed by atoms with Gasteiger partial charge in [0.1, 0.15) is 0 Å². The van der Waals surface area contributed by atoms with Gasteiger partial charge in [-0.15, -0.1) is 0 Å². The second-order valence-corrected chi connectivity index (χ2v) is 9.83. The van der Waals surface area contributed by atoms with Gasteiger partial charge >= 0.3 is 6.18 Å². The number of nitrogens with one attached hydrogen (secondary N) is 1. The quantitative estimate of drug-likeness (QED) is 0.511. The standard InChI is InChI=1S/C25H23F3N2O3S/c26-25(27,28)22-8-3-4-9-23(22)34(32,33)29-16-20-6-1-2-7-21(20)19-13-11-18(12-14-19)17-30-15-5-10-24(30)31/h1-4,6-9,11-14,29H,5,10,15-17H2. The largest absolute Gasteiger partial charge is 0.417 e. The summed E-state index contributed by atoms with van der Waals surface area (Å²) in [5.74, 6) is 0.147. The van der Waals surface area contributed by atoms with Gasteiger partial charge in [0.15, 0.2) is 0 Å². The highest BCUT2D eigenvalue weighted by molar-refractivity contribution is 7.89. The Labute approximate surface area is 196 Å². The summed E-state index contributed by atoms with van der Waals surface area (Å²) < 4.78 is 67.6. The number of carbonyl (C=O) groups excluding carboxylic acids is 1. The Morgan fingerprint density at radius 1 is 0.912 bits per heavy atom. The fourth-order valence-electron chi connectivity index (χ4n) is 4.02. The van der Waals surface area contributed by atoms with Crippen molar-refractivity contribution in [1.82, 2.24) is 9.62 Å². The SMILES string of the molecule is O=C1CCCN1Cc1ccc(-c2ccccc2CNS(=O)(=O)c2ccccc2C(F)(F)F)cc1. The van der Waals surface area contributed by atoms with Crippen molar-refractivity contribution < 1.29 is 26.4 Å². The fraction of sp³-hybridized carbons (Fsp3) is 0.240. The van der Waals surface area contributed by atoms with Crippen molar-refractivity contribution in [3.05, 3.63) is 89.5 Å². The number of hydrogen-bond acceptors (Lipinski definition) is 3. The minimum absolute atomic E-state index is 0.147. The molecular formula is C25H23F3N2O3S. The lowest BCUT2D eigenvalue weighted by Crippen LogP contribution is -2.26. The molecule has 1 amide bonds. The average Bonchev–Trinajstić information content (AvgIpc) is 3.22. The number of likely N-dealkylation sites (tertiary alicyclic amines) is 1.